The molecule has 6 nitrogen and oxygen atoms in total. The average molecular weight is 486 g/mol. The van der Waals surface area contributed by atoms with Gasteiger partial charge in [-0.25, -0.2) is 0 Å². The second-order valence-electron chi connectivity index (χ2n) is 9.14. The molecule has 2 amide bonds. The lowest BCUT2D eigenvalue weighted by molar-refractivity contribution is -0.116. The van der Waals surface area contributed by atoms with E-state index in [2.05, 4.69) is 34.7 Å². The van der Waals surface area contributed by atoms with Crippen molar-refractivity contribution in [3.8, 4) is 0 Å². The summed E-state index contributed by atoms with van der Waals surface area (Å²) in [5.74, 6) is 0.286. The highest BCUT2D eigenvalue weighted by Crippen LogP contribution is 2.29. The molecular weight excluding hydrogens is 458 g/mol. The van der Waals surface area contributed by atoms with Crippen LogP contribution in [-0.4, -0.2) is 41.8 Å². The SMILES string of the molecule is CN1CCc2ccc(NC(=O)c3cccc(CNC(=O)c4ccc5c(c4)CC(=O)CS5)c3)cc2C1. The zero-order chi connectivity index (χ0) is 24.4. The molecule has 35 heavy (non-hydrogen) atoms. The zero-order valence-corrected chi connectivity index (χ0v) is 20.4. The lowest BCUT2D eigenvalue weighted by Crippen LogP contribution is -2.26. The summed E-state index contributed by atoms with van der Waals surface area (Å²) in [6, 6.07) is 18.9. The first kappa shape index (κ1) is 23.3. The Labute approximate surface area is 209 Å². The normalized spacial score (nSPS) is 15.2. The number of likely N-dealkylation sites (N-methyl/N-ethyl adjacent to an activating group) is 1. The summed E-state index contributed by atoms with van der Waals surface area (Å²) in [6.45, 7) is 2.23. The number of nitrogens with one attached hydrogen (secondary N) is 2. The van der Waals surface area contributed by atoms with Gasteiger partial charge in [-0.1, -0.05) is 18.2 Å². The van der Waals surface area contributed by atoms with Gasteiger partial charge in [0.1, 0.15) is 5.78 Å². The second-order valence-corrected chi connectivity index (χ2v) is 10.2. The van der Waals surface area contributed by atoms with Gasteiger partial charge in [-0.3, -0.25) is 14.4 Å². The molecule has 0 spiro atoms. The molecular formula is C28H27N3O3S. The summed E-state index contributed by atoms with van der Waals surface area (Å²) in [6.07, 6.45) is 1.40. The van der Waals surface area contributed by atoms with Gasteiger partial charge >= 0.3 is 0 Å². The number of hydrogen-bond acceptors (Lipinski definition) is 5. The molecule has 5 rings (SSSR count). The van der Waals surface area contributed by atoms with Crippen LogP contribution in [0.2, 0.25) is 0 Å². The summed E-state index contributed by atoms with van der Waals surface area (Å²) >= 11 is 1.52. The van der Waals surface area contributed by atoms with Gasteiger partial charge in [-0.2, -0.15) is 0 Å². The van der Waals surface area contributed by atoms with Gasteiger partial charge < -0.3 is 15.5 Å². The number of ketones is 1. The Bertz CT molecular complexity index is 1320. The van der Waals surface area contributed by atoms with Crippen LogP contribution in [0.25, 0.3) is 0 Å². The Morgan fingerprint density at radius 3 is 2.69 bits per heavy atom. The third kappa shape index (κ3) is 5.47. The fourth-order valence-corrected chi connectivity index (χ4v) is 5.41. The molecule has 0 radical (unpaired) electrons. The smallest absolute Gasteiger partial charge is 0.255 e. The molecule has 0 saturated heterocycles. The minimum atomic E-state index is -0.204. The highest BCUT2D eigenvalue weighted by atomic mass is 32.2. The van der Waals surface area contributed by atoms with E-state index in [1.165, 1.54) is 22.9 Å². The molecule has 0 aliphatic carbocycles. The standard InChI is InChI=1S/C28H27N3O3S/c1-31-10-9-19-5-7-24(13-23(19)16-31)30-28(34)20-4-2-3-18(11-20)15-29-27(33)21-6-8-26-22(12-21)14-25(32)17-35-26/h2-8,11-13H,9-10,14-17H2,1H3,(H,29,33)(H,30,34). The van der Waals surface area contributed by atoms with E-state index >= 15 is 0 Å². The summed E-state index contributed by atoms with van der Waals surface area (Å²) in [4.78, 5) is 40.7. The van der Waals surface area contributed by atoms with Gasteiger partial charge in [0.2, 0.25) is 0 Å². The van der Waals surface area contributed by atoms with Gasteiger partial charge in [0.05, 0.1) is 5.75 Å². The van der Waals surface area contributed by atoms with Crippen LogP contribution in [0.15, 0.2) is 65.6 Å². The molecule has 2 heterocycles. The average Bonchev–Trinajstić information content (AvgIpc) is 2.86. The molecule has 3 aromatic rings. The third-order valence-electron chi connectivity index (χ3n) is 6.41. The van der Waals surface area contributed by atoms with Crippen molar-refractivity contribution < 1.29 is 14.4 Å². The molecule has 7 heteroatoms. The Balaban J connectivity index is 1.22. The van der Waals surface area contributed by atoms with Crippen molar-refractivity contribution in [2.75, 3.05) is 24.7 Å². The van der Waals surface area contributed by atoms with E-state index < -0.39 is 0 Å². The molecule has 178 valence electrons. The van der Waals surface area contributed by atoms with Crippen LogP contribution in [0, 0.1) is 0 Å². The first-order valence-corrected chi connectivity index (χ1v) is 12.7. The largest absolute Gasteiger partial charge is 0.348 e. The summed E-state index contributed by atoms with van der Waals surface area (Å²) in [5, 5.41) is 5.92. The van der Waals surface area contributed by atoms with Crippen molar-refractivity contribution in [2.24, 2.45) is 0 Å². The molecule has 0 aromatic heterocycles. The fraction of sp³-hybridized carbons (Fsp3) is 0.250. The van der Waals surface area contributed by atoms with Gasteiger partial charge in [0.25, 0.3) is 11.8 Å². The molecule has 0 unspecified atom stereocenters. The minimum Gasteiger partial charge on any atom is -0.348 e. The number of rotatable bonds is 5. The Morgan fingerprint density at radius 2 is 1.80 bits per heavy atom. The summed E-state index contributed by atoms with van der Waals surface area (Å²) < 4.78 is 0. The van der Waals surface area contributed by atoms with E-state index in [1.807, 2.05) is 24.3 Å². The minimum absolute atomic E-state index is 0.179. The van der Waals surface area contributed by atoms with Gasteiger partial charge in [-0.05, 0) is 78.2 Å². The number of benzene rings is 3. The van der Waals surface area contributed by atoms with Crippen molar-refractivity contribution in [3.05, 3.63) is 94.0 Å². The monoisotopic (exact) mass is 485 g/mol. The van der Waals surface area contributed by atoms with Crippen molar-refractivity contribution in [3.63, 3.8) is 0 Å². The van der Waals surface area contributed by atoms with Gasteiger partial charge in [-0.15, -0.1) is 11.8 Å². The lowest BCUT2D eigenvalue weighted by Gasteiger charge is -2.25. The van der Waals surface area contributed by atoms with Crippen molar-refractivity contribution in [1.82, 2.24) is 10.2 Å². The van der Waals surface area contributed by atoms with E-state index in [4.69, 9.17) is 0 Å². The van der Waals surface area contributed by atoms with E-state index in [-0.39, 0.29) is 17.6 Å². The van der Waals surface area contributed by atoms with Crippen LogP contribution in [-0.2, 0) is 30.7 Å². The van der Waals surface area contributed by atoms with Crippen LogP contribution in [0.4, 0.5) is 5.69 Å². The van der Waals surface area contributed by atoms with E-state index in [0.717, 1.165) is 41.2 Å². The number of Topliss-reactive ketones (excluding diaryl/α,β-unsaturated/α-hetero) is 1. The zero-order valence-electron chi connectivity index (χ0n) is 19.6. The maximum atomic E-state index is 12.9. The number of nitrogens with zero attached hydrogens (tertiary/aromatic N) is 1. The predicted octanol–water partition coefficient (Wildman–Crippen LogP) is 4.07. The lowest BCUT2D eigenvalue weighted by atomic mass is 9.99. The Hall–Kier alpha value is -3.42. The molecule has 3 aromatic carbocycles. The summed E-state index contributed by atoms with van der Waals surface area (Å²) in [5.41, 5.74) is 6.18. The van der Waals surface area contributed by atoms with Crippen LogP contribution in [0.3, 0.4) is 0 Å². The number of anilines is 1. The molecule has 0 bridgehead atoms. The van der Waals surface area contributed by atoms with Gasteiger partial charge in [0, 0.05) is 47.8 Å². The van der Waals surface area contributed by atoms with Crippen LogP contribution >= 0.6 is 11.8 Å². The molecule has 2 aliphatic rings. The molecule has 0 fully saturated rings. The third-order valence-corrected chi connectivity index (χ3v) is 7.58. The van der Waals surface area contributed by atoms with E-state index in [9.17, 15) is 14.4 Å². The highest BCUT2D eigenvalue weighted by Gasteiger charge is 2.18. The number of carbonyl (C=O) groups is 3. The quantitative estimate of drug-likeness (QED) is 0.570. The van der Waals surface area contributed by atoms with Crippen LogP contribution < -0.4 is 10.6 Å². The molecule has 2 aliphatic heterocycles. The van der Waals surface area contributed by atoms with Crippen molar-refractivity contribution in [1.29, 1.82) is 0 Å². The number of fused-ring (bicyclic) bond motifs is 2. The van der Waals surface area contributed by atoms with Crippen LogP contribution in [0.1, 0.15) is 43.0 Å². The summed E-state index contributed by atoms with van der Waals surface area (Å²) in [7, 11) is 2.10. The van der Waals surface area contributed by atoms with Gasteiger partial charge in [0.15, 0.2) is 0 Å². The van der Waals surface area contributed by atoms with E-state index in [0.29, 0.717) is 29.8 Å². The second kappa shape index (κ2) is 10.1. The number of hydrogen-bond donors (Lipinski definition) is 2. The highest BCUT2D eigenvalue weighted by molar-refractivity contribution is 8.00. The molecule has 2 N–H and O–H groups in total. The number of carbonyl (C=O) groups excluding carboxylic acids is 3. The number of amides is 2. The van der Waals surface area contributed by atoms with Crippen molar-refractivity contribution in [2.45, 2.75) is 30.8 Å². The van der Waals surface area contributed by atoms with Crippen LogP contribution in [0.5, 0.6) is 0 Å². The van der Waals surface area contributed by atoms with Crippen molar-refractivity contribution >= 4 is 35.0 Å². The molecule has 0 saturated carbocycles. The first-order valence-electron chi connectivity index (χ1n) is 11.7. The Morgan fingerprint density at radius 1 is 0.943 bits per heavy atom. The maximum Gasteiger partial charge on any atom is 0.255 e. The predicted molar refractivity (Wildman–Crippen MR) is 138 cm³/mol. The topological polar surface area (TPSA) is 78.5 Å². The van der Waals surface area contributed by atoms with E-state index in [1.54, 1.807) is 24.3 Å². The number of thioether (sulfide) groups is 1. The first-order chi connectivity index (χ1) is 16.9. The maximum absolute atomic E-state index is 12.9. The molecule has 0 atom stereocenters. The Kier molecular flexibility index (Phi) is 6.70. The fourth-order valence-electron chi connectivity index (χ4n) is 4.51.